The zero-order chi connectivity index (χ0) is 13.4. The minimum atomic E-state index is -0.000650. The molecule has 19 heavy (non-hydrogen) atoms. The smallest absolute Gasteiger partial charge is 0.262 e. The Balaban J connectivity index is 2.01. The van der Waals surface area contributed by atoms with Crippen LogP contribution in [0.4, 0.5) is 0 Å². The molecule has 0 radical (unpaired) electrons. The van der Waals surface area contributed by atoms with Gasteiger partial charge in [0.15, 0.2) is 4.77 Å². The van der Waals surface area contributed by atoms with Gasteiger partial charge in [0, 0.05) is 12.6 Å². The maximum atomic E-state index is 12.5. The lowest BCUT2D eigenvalue weighted by molar-refractivity contribution is -0.0209. The number of aromatic nitrogens is 2. The summed E-state index contributed by atoms with van der Waals surface area (Å²) < 4.78 is 7.74. The number of H-pyrrole nitrogens is 1. The Labute approximate surface area is 116 Å². The fourth-order valence-electron chi connectivity index (χ4n) is 2.63. The summed E-state index contributed by atoms with van der Waals surface area (Å²) in [6.07, 6.45) is 2.00. The third-order valence-corrected chi connectivity index (χ3v) is 3.97. The summed E-state index contributed by atoms with van der Waals surface area (Å²) in [4.78, 5) is 15.6. The second-order valence-electron chi connectivity index (χ2n) is 4.85. The number of fused-ring (bicyclic) bond motifs is 1. The third-order valence-electron chi connectivity index (χ3n) is 3.67. The first-order valence-electron chi connectivity index (χ1n) is 6.56. The predicted molar refractivity (Wildman–Crippen MR) is 77.1 cm³/mol. The van der Waals surface area contributed by atoms with Crippen molar-refractivity contribution in [2.24, 2.45) is 0 Å². The van der Waals surface area contributed by atoms with E-state index in [1.54, 1.807) is 4.57 Å². The second-order valence-corrected chi connectivity index (χ2v) is 5.24. The zero-order valence-corrected chi connectivity index (χ0v) is 11.6. The standard InChI is InChI=1S/C14H16N2O2S/c1-2-18-10-7-9(8-10)16-13(17)11-5-3-4-6-12(11)15-14(16)19/h3-6,9-10H,2,7-8H2,1H3,(H,15,19). The van der Waals surface area contributed by atoms with Crippen LogP contribution >= 0.6 is 12.2 Å². The van der Waals surface area contributed by atoms with E-state index in [9.17, 15) is 4.79 Å². The van der Waals surface area contributed by atoms with Crippen LogP contribution in [0, 0.1) is 4.77 Å². The molecule has 1 N–H and O–H groups in total. The highest BCUT2D eigenvalue weighted by Crippen LogP contribution is 2.33. The molecule has 1 aliphatic rings. The van der Waals surface area contributed by atoms with Gasteiger partial charge < -0.3 is 9.72 Å². The first-order valence-corrected chi connectivity index (χ1v) is 6.96. The van der Waals surface area contributed by atoms with Crippen LogP contribution in [0.3, 0.4) is 0 Å². The van der Waals surface area contributed by atoms with Gasteiger partial charge in [-0.15, -0.1) is 0 Å². The van der Waals surface area contributed by atoms with E-state index in [4.69, 9.17) is 17.0 Å². The lowest BCUT2D eigenvalue weighted by Crippen LogP contribution is -2.39. The van der Waals surface area contributed by atoms with Crippen molar-refractivity contribution in [3.05, 3.63) is 39.4 Å². The Hall–Kier alpha value is -1.46. The molecule has 0 spiro atoms. The fourth-order valence-corrected chi connectivity index (χ4v) is 2.97. The van der Waals surface area contributed by atoms with Crippen molar-refractivity contribution in [2.45, 2.75) is 31.9 Å². The molecule has 5 heteroatoms. The number of nitrogens with zero attached hydrogens (tertiary/aromatic N) is 1. The van der Waals surface area contributed by atoms with Gasteiger partial charge in [-0.05, 0) is 44.1 Å². The normalized spacial score (nSPS) is 22.4. The molecule has 0 unspecified atom stereocenters. The van der Waals surface area contributed by atoms with E-state index in [0.717, 1.165) is 25.0 Å². The molecule has 0 atom stereocenters. The lowest BCUT2D eigenvalue weighted by Gasteiger charge is -2.35. The van der Waals surface area contributed by atoms with E-state index in [1.807, 2.05) is 31.2 Å². The molecule has 0 aliphatic heterocycles. The number of nitrogens with one attached hydrogen (secondary N) is 1. The van der Waals surface area contributed by atoms with Crippen LogP contribution in [0.2, 0.25) is 0 Å². The SMILES string of the molecule is CCOC1CC(n2c(=S)[nH]c3ccccc3c2=O)C1. The van der Waals surface area contributed by atoms with Crippen molar-refractivity contribution in [2.75, 3.05) is 6.61 Å². The highest BCUT2D eigenvalue weighted by Gasteiger charge is 2.32. The van der Waals surface area contributed by atoms with Gasteiger partial charge in [0.2, 0.25) is 0 Å². The molecule has 1 fully saturated rings. The van der Waals surface area contributed by atoms with E-state index in [2.05, 4.69) is 4.98 Å². The summed E-state index contributed by atoms with van der Waals surface area (Å²) in [6.45, 7) is 2.71. The topological polar surface area (TPSA) is 47.0 Å². The van der Waals surface area contributed by atoms with Crippen molar-refractivity contribution in [3.8, 4) is 0 Å². The minimum absolute atomic E-state index is 0.000650. The van der Waals surface area contributed by atoms with Gasteiger partial charge in [0.05, 0.1) is 17.0 Å². The van der Waals surface area contributed by atoms with Gasteiger partial charge in [-0.3, -0.25) is 9.36 Å². The Morgan fingerprint density at radius 2 is 2.16 bits per heavy atom. The highest BCUT2D eigenvalue weighted by molar-refractivity contribution is 7.71. The average Bonchev–Trinajstić information content (AvgIpc) is 2.35. The van der Waals surface area contributed by atoms with E-state index < -0.39 is 0 Å². The summed E-state index contributed by atoms with van der Waals surface area (Å²) in [5, 5.41) is 0.691. The number of rotatable bonds is 3. The molecule has 1 heterocycles. The Kier molecular flexibility index (Phi) is 3.24. The summed E-state index contributed by atoms with van der Waals surface area (Å²) in [5.74, 6) is 0. The van der Waals surface area contributed by atoms with Gasteiger partial charge in [0.25, 0.3) is 5.56 Å². The van der Waals surface area contributed by atoms with Crippen LogP contribution < -0.4 is 5.56 Å². The molecule has 3 rings (SSSR count). The number of ether oxygens (including phenoxy) is 1. The summed E-state index contributed by atoms with van der Waals surface area (Å²) in [6, 6.07) is 7.64. The monoisotopic (exact) mass is 276 g/mol. The molecule has 4 nitrogen and oxygen atoms in total. The van der Waals surface area contributed by atoms with Crippen molar-refractivity contribution in [1.82, 2.24) is 9.55 Å². The zero-order valence-electron chi connectivity index (χ0n) is 10.8. The number of hydrogen-bond donors (Lipinski definition) is 1. The maximum Gasteiger partial charge on any atom is 0.262 e. The number of para-hydroxylation sites is 1. The molecule has 1 aromatic heterocycles. The molecular formula is C14H16N2O2S. The lowest BCUT2D eigenvalue weighted by atomic mass is 9.89. The van der Waals surface area contributed by atoms with Crippen molar-refractivity contribution < 1.29 is 4.74 Å². The van der Waals surface area contributed by atoms with Gasteiger partial charge in [-0.25, -0.2) is 0 Å². The van der Waals surface area contributed by atoms with Crippen LogP contribution in [0.1, 0.15) is 25.8 Å². The van der Waals surface area contributed by atoms with Crippen LogP contribution in [-0.4, -0.2) is 22.3 Å². The van der Waals surface area contributed by atoms with E-state index >= 15 is 0 Å². The maximum absolute atomic E-state index is 12.5. The van der Waals surface area contributed by atoms with E-state index in [-0.39, 0.29) is 17.7 Å². The van der Waals surface area contributed by atoms with Gasteiger partial charge in [-0.2, -0.15) is 0 Å². The van der Waals surface area contributed by atoms with Gasteiger partial charge >= 0.3 is 0 Å². The molecule has 1 saturated carbocycles. The number of benzene rings is 1. The fraction of sp³-hybridized carbons (Fsp3) is 0.429. The molecule has 0 amide bonds. The highest BCUT2D eigenvalue weighted by atomic mass is 32.1. The van der Waals surface area contributed by atoms with Crippen molar-refractivity contribution in [1.29, 1.82) is 0 Å². The van der Waals surface area contributed by atoms with Crippen molar-refractivity contribution in [3.63, 3.8) is 0 Å². The third kappa shape index (κ3) is 2.13. The Morgan fingerprint density at radius 3 is 2.89 bits per heavy atom. The second kappa shape index (κ2) is 4.90. The minimum Gasteiger partial charge on any atom is -0.378 e. The van der Waals surface area contributed by atoms with Crippen LogP contribution in [-0.2, 0) is 4.74 Å². The van der Waals surface area contributed by atoms with Crippen LogP contribution in [0.25, 0.3) is 10.9 Å². The quantitative estimate of drug-likeness (QED) is 0.877. The molecule has 100 valence electrons. The molecule has 1 aliphatic carbocycles. The van der Waals surface area contributed by atoms with Crippen LogP contribution in [0.5, 0.6) is 0 Å². The first kappa shape index (κ1) is 12.6. The van der Waals surface area contributed by atoms with Crippen molar-refractivity contribution >= 4 is 23.1 Å². The molecule has 1 aromatic carbocycles. The summed E-state index contributed by atoms with van der Waals surface area (Å²) >= 11 is 5.31. The molecule has 0 bridgehead atoms. The average molecular weight is 276 g/mol. The number of hydrogen-bond acceptors (Lipinski definition) is 3. The van der Waals surface area contributed by atoms with E-state index in [0.29, 0.717) is 10.2 Å². The van der Waals surface area contributed by atoms with Gasteiger partial charge in [0.1, 0.15) is 0 Å². The summed E-state index contributed by atoms with van der Waals surface area (Å²) in [5.41, 5.74) is 0.800. The summed E-state index contributed by atoms with van der Waals surface area (Å²) in [7, 11) is 0. The Morgan fingerprint density at radius 1 is 1.42 bits per heavy atom. The van der Waals surface area contributed by atoms with Gasteiger partial charge in [-0.1, -0.05) is 12.1 Å². The largest absolute Gasteiger partial charge is 0.378 e. The van der Waals surface area contributed by atoms with Crippen LogP contribution in [0.15, 0.2) is 29.1 Å². The molecule has 0 saturated heterocycles. The first-order chi connectivity index (χ1) is 9.20. The van der Waals surface area contributed by atoms with E-state index in [1.165, 1.54) is 0 Å². The Bertz CT molecular complexity index is 713. The molecular weight excluding hydrogens is 260 g/mol. The predicted octanol–water partition coefficient (Wildman–Crippen LogP) is 2.80. The number of aromatic amines is 1. The molecule has 2 aromatic rings.